The van der Waals surface area contributed by atoms with E-state index in [4.69, 9.17) is 19.6 Å². The van der Waals surface area contributed by atoms with E-state index in [-0.39, 0.29) is 0 Å². The van der Waals surface area contributed by atoms with Crippen molar-refractivity contribution in [1.82, 2.24) is 14.4 Å². The summed E-state index contributed by atoms with van der Waals surface area (Å²) in [5.74, 6) is 0. The first-order valence-corrected chi connectivity index (χ1v) is 3.39. The van der Waals surface area contributed by atoms with Gasteiger partial charge in [-0.2, -0.15) is 0 Å². The number of hydrogen-bond donors (Lipinski definition) is 0. The monoisotopic (exact) mass is 163 g/mol. The van der Waals surface area contributed by atoms with Crippen LogP contribution in [0.15, 0.2) is 18.6 Å². The second kappa shape index (κ2) is 2.24. The Morgan fingerprint density at radius 2 is 2.27 bits per heavy atom. The Labute approximate surface area is 69.4 Å². The lowest BCUT2D eigenvalue weighted by Crippen LogP contribution is -1.89. The summed E-state index contributed by atoms with van der Waals surface area (Å²) in [5.41, 5.74) is 1.23. The van der Waals surface area contributed by atoms with Crippen LogP contribution in [0.3, 0.4) is 0 Å². The van der Waals surface area contributed by atoms with E-state index in [0.717, 1.165) is 0 Å². The third-order valence-electron chi connectivity index (χ3n) is 1.41. The molecule has 0 bridgehead atoms. The summed E-state index contributed by atoms with van der Waals surface area (Å²) in [6, 6.07) is 1.68. The minimum absolute atomic E-state index is 0.569. The van der Waals surface area contributed by atoms with Gasteiger partial charge >= 0.3 is 0 Å². The Morgan fingerprint density at radius 1 is 1.45 bits per heavy atom. The van der Waals surface area contributed by atoms with Crippen LogP contribution in [0.4, 0.5) is 0 Å². The van der Waals surface area contributed by atoms with Crippen molar-refractivity contribution in [3.63, 3.8) is 0 Å². The molecule has 0 amide bonds. The topological polar surface area (TPSA) is 30.7 Å². The molecule has 2 aromatic rings. The molecule has 0 aliphatic rings. The van der Waals surface area contributed by atoms with Gasteiger partial charge in [0.25, 0.3) is 0 Å². The summed E-state index contributed by atoms with van der Waals surface area (Å²) in [5, 5.41) is 0.569. The largest absolute Gasteiger partial charge is 0.372 e. The van der Waals surface area contributed by atoms with Crippen molar-refractivity contribution >= 4 is 30.7 Å². The van der Waals surface area contributed by atoms with Crippen molar-refractivity contribution in [2.75, 3.05) is 0 Å². The first-order valence-electron chi connectivity index (χ1n) is 3.01. The molecule has 0 unspecified atom stereocenters. The molecule has 0 N–H and O–H groups in total. The van der Waals surface area contributed by atoms with Crippen LogP contribution in [0.25, 0.3) is 11.2 Å². The van der Waals surface area contributed by atoms with Crippen molar-refractivity contribution in [1.29, 1.82) is 0 Å². The van der Waals surface area contributed by atoms with Gasteiger partial charge in [-0.05, 0) is 6.07 Å². The lowest BCUT2D eigenvalue weighted by molar-refractivity contribution is 1.21. The number of rotatable bonds is 0. The predicted molar refractivity (Wildman–Crippen MR) is 43.7 cm³/mol. The zero-order chi connectivity index (χ0) is 7.84. The lowest BCUT2D eigenvalue weighted by Gasteiger charge is -1.92. The van der Waals surface area contributed by atoms with E-state index in [0.29, 0.717) is 16.2 Å². The molecule has 2 rings (SSSR count). The van der Waals surface area contributed by atoms with Gasteiger partial charge < -0.3 is 4.48 Å². The Hall–Kier alpha value is -1.03. The average molecular weight is 163 g/mol. The van der Waals surface area contributed by atoms with E-state index >= 15 is 0 Å². The van der Waals surface area contributed by atoms with Crippen LogP contribution in [0, 0.1) is 0 Å². The van der Waals surface area contributed by atoms with Crippen LogP contribution < -0.4 is 0 Å². The van der Waals surface area contributed by atoms with Gasteiger partial charge in [0.05, 0.1) is 11.3 Å². The number of aromatic nitrogens is 3. The molecule has 2 aromatic heterocycles. The summed E-state index contributed by atoms with van der Waals surface area (Å²) in [7, 11) is 5.48. The molecular weight excluding hydrogens is 160 g/mol. The van der Waals surface area contributed by atoms with Crippen LogP contribution in [0.1, 0.15) is 0 Å². The fraction of sp³-hybridized carbons (Fsp3) is 0. The summed E-state index contributed by atoms with van der Waals surface area (Å²) < 4.78 is 1.33. The van der Waals surface area contributed by atoms with Gasteiger partial charge in [-0.15, -0.1) is 0 Å². The van der Waals surface area contributed by atoms with E-state index in [1.165, 1.54) is 10.8 Å². The molecule has 11 heavy (non-hydrogen) atoms. The van der Waals surface area contributed by atoms with Gasteiger partial charge in [-0.1, -0.05) is 11.6 Å². The molecule has 0 spiro atoms. The van der Waals surface area contributed by atoms with Crippen molar-refractivity contribution < 1.29 is 0 Å². The van der Waals surface area contributed by atoms with Crippen LogP contribution in [0.2, 0.25) is 5.02 Å². The molecular formula is C6H3BClN3. The number of halogens is 1. The first-order chi connectivity index (χ1) is 5.29. The van der Waals surface area contributed by atoms with E-state index in [2.05, 4.69) is 9.97 Å². The van der Waals surface area contributed by atoms with Gasteiger partial charge in [0.1, 0.15) is 11.2 Å². The van der Waals surface area contributed by atoms with E-state index in [1.807, 2.05) is 0 Å². The van der Waals surface area contributed by atoms with E-state index in [1.54, 1.807) is 12.3 Å². The first kappa shape index (κ1) is 6.67. The highest BCUT2D eigenvalue weighted by atomic mass is 35.5. The quantitative estimate of drug-likeness (QED) is 0.543. The second-order valence-electron chi connectivity index (χ2n) is 2.12. The van der Waals surface area contributed by atoms with Gasteiger partial charge in [0.15, 0.2) is 0 Å². The molecule has 3 nitrogen and oxygen atoms in total. The third-order valence-corrected chi connectivity index (χ3v) is 1.72. The van der Waals surface area contributed by atoms with Gasteiger partial charge in [-0.25, -0.2) is 9.97 Å². The van der Waals surface area contributed by atoms with Crippen LogP contribution in [-0.2, 0) is 0 Å². The lowest BCUT2D eigenvalue weighted by atomic mass is 10.4. The molecule has 0 saturated carbocycles. The third kappa shape index (κ3) is 0.904. The minimum Gasteiger partial charge on any atom is -0.372 e. The maximum absolute atomic E-state index is 5.80. The summed E-state index contributed by atoms with van der Waals surface area (Å²) in [6.07, 6.45) is 3.07. The zero-order valence-electron chi connectivity index (χ0n) is 5.53. The van der Waals surface area contributed by atoms with Crippen LogP contribution in [0.5, 0.6) is 0 Å². The zero-order valence-corrected chi connectivity index (χ0v) is 6.28. The Morgan fingerprint density at radius 3 is 3.00 bits per heavy atom. The highest BCUT2D eigenvalue weighted by molar-refractivity contribution is 6.35. The maximum Gasteiger partial charge on any atom is 0.238 e. The van der Waals surface area contributed by atoms with Crippen molar-refractivity contribution in [3.8, 4) is 0 Å². The predicted octanol–water partition coefficient (Wildman–Crippen LogP) is 1.02. The molecule has 2 heterocycles. The fourth-order valence-corrected chi connectivity index (χ4v) is 1.09. The number of pyridine rings is 1. The van der Waals surface area contributed by atoms with Gasteiger partial charge in [0, 0.05) is 6.20 Å². The summed E-state index contributed by atoms with van der Waals surface area (Å²) in [6.45, 7) is 0. The highest BCUT2D eigenvalue weighted by Crippen LogP contribution is 2.17. The summed E-state index contributed by atoms with van der Waals surface area (Å²) >= 11 is 5.80. The second-order valence-corrected chi connectivity index (χ2v) is 2.52. The minimum atomic E-state index is 0.569. The molecule has 0 aromatic carbocycles. The molecule has 0 aliphatic carbocycles. The Kier molecular flexibility index (Phi) is 1.36. The molecule has 0 fully saturated rings. The standard InChI is InChI=1S/C6H3BClN3/c7-11-3-10-5-4(8)1-2-9-6(5)11/h1-3H. The van der Waals surface area contributed by atoms with Gasteiger partial charge in [-0.3, -0.25) is 0 Å². The molecule has 0 saturated heterocycles. The normalized spacial score (nSPS) is 10.6. The van der Waals surface area contributed by atoms with Crippen molar-refractivity contribution in [3.05, 3.63) is 23.6 Å². The van der Waals surface area contributed by atoms with Crippen LogP contribution in [-0.4, -0.2) is 22.4 Å². The van der Waals surface area contributed by atoms with Crippen molar-refractivity contribution in [2.24, 2.45) is 0 Å². The molecule has 5 heteroatoms. The van der Waals surface area contributed by atoms with Crippen molar-refractivity contribution in [2.45, 2.75) is 0 Å². The summed E-state index contributed by atoms with van der Waals surface area (Å²) in [4.78, 5) is 7.95. The Balaban J connectivity index is 2.94. The molecule has 2 radical (unpaired) electrons. The molecule has 0 aliphatic heterocycles. The Bertz CT molecular complexity index is 398. The number of imidazole rings is 1. The molecule has 0 atom stereocenters. The number of fused-ring (bicyclic) bond motifs is 1. The number of nitrogens with zero attached hydrogens (tertiary/aromatic N) is 3. The smallest absolute Gasteiger partial charge is 0.238 e. The highest BCUT2D eigenvalue weighted by Gasteiger charge is 2.02. The van der Waals surface area contributed by atoms with E-state index in [9.17, 15) is 0 Å². The van der Waals surface area contributed by atoms with Crippen LogP contribution >= 0.6 is 11.6 Å². The molecule has 52 valence electrons. The van der Waals surface area contributed by atoms with E-state index < -0.39 is 0 Å². The maximum atomic E-state index is 5.80. The number of hydrogen-bond acceptors (Lipinski definition) is 2. The van der Waals surface area contributed by atoms with Gasteiger partial charge in [0.2, 0.25) is 7.98 Å². The average Bonchev–Trinajstić information content (AvgIpc) is 2.35. The SMILES string of the molecule is [B]n1cnc2c(Cl)ccnc21. The fourth-order valence-electron chi connectivity index (χ4n) is 0.903.